The van der Waals surface area contributed by atoms with E-state index in [-0.39, 0.29) is 0 Å². The molecule has 0 atom stereocenters. The highest BCUT2D eigenvalue weighted by Crippen LogP contribution is 2.24. The summed E-state index contributed by atoms with van der Waals surface area (Å²) in [7, 11) is 4.14. The van der Waals surface area contributed by atoms with Crippen molar-refractivity contribution in [3.63, 3.8) is 0 Å². The molecule has 3 nitrogen and oxygen atoms in total. The number of hydrogen-bond acceptors (Lipinski definition) is 3. The summed E-state index contributed by atoms with van der Waals surface area (Å²) in [4.78, 5) is 2.16. The van der Waals surface area contributed by atoms with E-state index in [4.69, 9.17) is 16.3 Å². The molecule has 0 unspecified atom stereocenters. The quantitative estimate of drug-likeness (QED) is 0.671. The number of likely N-dealkylation sites (N-methyl/N-ethyl adjacent to an activating group) is 1. The maximum atomic E-state index is 6.01. The van der Waals surface area contributed by atoms with Gasteiger partial charge in [0.15, 0.2) is 0 Å². The third-order valence-corrected chi connectivity index (χ3v) is 4.09. The van der Waals surface area contributed by atoms with Gasteiger partial charge in [-0.3, -0.25) is 0 Å². The van der Waals surface area contributed by atoms with Crippen molar-refractivity contribution < 1.29 is 4.74 Å². The van der Waals surface area contributed by atoms with Crippen LogP contribution in [-0.4, -0.2) is 32.1 Å². The summed E-state index contributed by atoms with van der Waals surface area (Å²) in [6.07, 6.45) is 0. The molecule has 0 aliphatic rings. The summed E-state index contributed by atoms with van der Waals surface area (Å²) in [6.45, 7) is 3.23. The zero-order valence-electron chi connectivity index (χ0n) is 13.5. The molecule has 1 N–H and O–H groups in total. The molecule has 0 bridgehead atoms. The van der Waals surface area contributed by atoms with Gasteiger partial charge in [0, 0.05) is 34.7 Å². The Kier molecular flexibility index (Phi) is 7.37. The van der Waals surface area contributed by atoms with E-state index >= 15 is 0 Å². The molecule has 0 radical (unpaired) electrons. The van der Waals surface area contributed by atoms with Gasteiger partial charge in [0.05, 0.1) is 0 Å². The Morgan fingerprint density at radius 3 is 2.74 bits per heavy atom. The van der Waals surface area contributed by atoms with Crippen molar-refractivity contribution >= 4 is 27.5 Å². The monoisotopic (exact) mass is 396 g/mol. The van der Waals surface area contributed by atoms with Gasteiger partial charge in [-0.1, -0.05) is 39.7 Å². The SMILES string of the molecule is CN(C)CCNCc1cc(Br)ccc1OCc1cccc(Cl)c1. The van der Waals surface area contributed by atoms with Gasteiger partial charge in [0.2, 0.25) is 0 Å². The zero-order valence-corrected chi connectivity index (χ0v) is 15.8. The lowest BCUT2D eigenvalue weighted by Crippen LogP contribution is -2.26. The van der Waals surface area contributed by atoms with E-state index in [9.17, 15) is 0 Å². The molecule has 0 aromatic heterocycles. The highest BCUT2D eigenvalue weighted by Gasteiger charge is 2.06. The van der Waals surface area contributed by atoms with Gasteiger partial charge in [-0.2, -0.15) is 0 Å². The van der Waals surface area contributed by atoms with E-state index in [0.717, 1.165) is 46.0 Å². The standard InChI is InChI=1S/C18H22BrClN2O/c1-22(2)9-8-21-12-15-11-16(19)6-7-18(15)23-13-14-4-3-5-17(20)10-14/h3-7,10-11,21H,8-9,12-13H2,1-2H3. The van der Waals surface area contributed by atoms with Crippen molar-refractivity contribution in [2.24, 2.45) is 0 Å². The topological polar surface area (TPSA) is 24.5 Å². The molecule has 124 valence electrons. The highest BCUT2D eigenvalue weighted by atomic mass is 79.9. The van der Waals surface area contributed by atoms with Crippen LogP contribution in [0.15, 0.2) is 46.9 Å². The molecule has 0 heterocycles. The first-order valence-corrected chi connectivity index (χ1v) is 8.73. The fourth-order valence-corrected chi connectivity index (χ4v) is 2.76. The van der Waals surface area contributed by atoms with Crippen LogP contribution in [0.5, 0.6) is 5.75 Å². The van der Waals surface area contributed by atoms with Gasteiger partial charge >= 0.3 is 0 Å². The molecule has 0 fully saturated rings. The summed E-state index contributed by atoms with van der Waals surface area (Å²) < 4.78 is 7.03. The smallest absolute Gasteiger partial charge is 0.124 e. The summed E-state index contributed by atoms with van der Waals surface area (Å²) in [6, 6.07) is 13.8. The average molecular weight is 398 g/mol. The van der Waals surface area contributed by atoms with Gasteiger partial charge in [0.1, 0.15) is 12.4 Å². The molecule has 23 heavy (non-hydrogen) atoms. The number of halogens is 2. The first-order chi connectivity index (χ1) is 11.0. The number of rotatable bonds is 8. The van der Waals surface area contributed by atoms with Crippen LogP contribution in [0, 0.1) is 0 Å². The lowest BCUT2D eigenvalue weighted by Gasteiger charge is -2.14. The number of ether oxygens (including phenoxy) is 1. The predicted molar refractivity (Wildman–Crippen MR) is 100 cm³/mol. The average Bonchev–Trinajstić information content (AvgIpc) is 2.50. The second-order valence-electron chi connectivity index (χ2n) is 5.65. The largest absolute Gasteiger partial charge is 0.489 e. The molecular weight excluding hydrogens is 376 g/mol. The Morgan fingerprint density at radius 2 is 2.00 bits per heavy atom. The molecule has 0 spiro atoms. The Balaban J connectivity index is 1.97. The third-order valence-electron chi connectivity index (χ3n) is 3.36. The summed E-state index contributed by atoms with van der Waals surface area (Å²) in [5.41, 5.74) is 2.20. The fraction of sp³-hybridized carbons (Fsp3) is 0.333. The lowest BCUT2D eigenvalue weighted by atomic mass is 10.2. The van der Waals surface area contributed by atoms with Gasteiger partial charge in [-0.15, -0.1) is 0 Å². The van der Waals surface area contributed by atoms with E-state index in [0.29, 0.717) is 6.61 Å². The molecule has 0 saturated heterocycles. The van der Waals surface area contributed by atoms with E-state index < -0.39 is 0 Å². The van der Waals surface area contributed by atoms with Crippen LogP contribution in [0.4, 0.5) is 0 Å². The van der Waals surface area contributed by atoms with E-state index in [1.807, 2.05) is 36.4 Å². The third kappa shape index (κ3) is 6.51. The normalized spacial score (nSPS) is 11.0. The second kappa shape index (κ2) is 9.28. The molecule has 0 amide bonds. The Morgan fingerprint density at radius 1 is 1.17 bits per heavy atom. The minimum atomic E-state index is 0.507. The summed E-state index contributed by atoms with van der Waals surface area (Å²) in [5.74, 6) is 0.894. The van der Waals surface area contributed by atoms with Crippen molar-refractivity contribution in [1.82, 2.24) is 10.2 Å². The Bertz CT molecular complexity index is 634. The molecule has 0 aliphatic carbocycles. The Labute approximate surface area is 151 Å². The molecule has 2 aromatic rings. The van der Waals surface area contributed by atoms with Crippen LogP contribution in [0.25, 0.3) is 0 Å². The van der Waals surface area contributed by atoms with Crippen molar-refractivity contribution in [3.8, 4) is 5.75 Å². The van der Waals surface area contributed by atoms with Crippen LogP contribution >= 0.6 is 27.5 Å². The number of hydrogen-bond donors (Lipinski definition) is 1. The summed E-state index contributed by atoms with van der Waals surface area (Å²) in [5, 5.41) is 4.17. The van der Waals surface area contributed by atoms with Crippen LogP contribution in [0.2, 0.25) is 5.02 Å². The van der Waals surface area contributed by atoms with E-state index in [1.165, 1.54) is 0 Å². The van der Waals surface area contributed by atoms with Crippen molar-refractivity contribution in [2.45, 2.75) is 13.2 Å². The van der Waals surface area contributed by atoms with E-state index in [2.05, 4.69) is 46.3 Å². The highest BCUT2D eigenvalue weighted by molar-refractivity contribution is 9.10. The minimum Gasteiger partial charge on any atom is -0.489 e. The lowest BCUT2D eigenvalue weighted by molar-refractivity contribution is 0.301. The number of benzene rings is 2. The minimum absolute atomic E-state index is 0.507. The first kappa shape index (κ1) is 18.3. The first-order valence-electron chi connectivity index (χ1n) is 7.56. The predicted octanol–water partition coefficient (Wildman–Crippen LogP) is 4.33. The maximum absolute atomic E-state index is 6.01. The second-order valence-corrected chi connectivity index (χ2v) is 7.00. The van der Waals surface area contributed by atoms with Gasteiger partial charge in [-0.05, 0) is 50.0 Å². The van der Waals surface area contributed by atoms with Crippen molar-refractivity contribution in [1.29, 1.82) is 0 Å². The molecular formula is C18H22BrClN2O. The van der Waals surface area contributed by atoms with Crippen LogP contribution in [0.1, 0.15) is 11.1 Å². The molecule has 2 aromatic carbocycles. The molecule has 2 rings (SSSR count). The van der Waals surface area contributed by atoms with Crippen molar-refractivity contribution in [2.75, 3.05) is 27.2 Å². The van der Waals surface area contributed by atoms with Gasteiger partial charge < -0.3 is 15.0 Å². The summed E-state index contributed by atoms with van der Waals surface area (Å²) >= 11 is 9.54. The van der Waals surface area contributed by atoms with E-state index in [1.54, 1.807) is 0 Å². The van der Waals surface area contributed by atoms with Crippen LogP contribution in [0.3, 0.4) is 0 Å². The van der Waals surface area contributed by atoms with Gasteiger partial charge in [-0.25, -0.2) is 0 Å². The molecule has 5 heteroatoms. The molecule has 0 saturated carbocycles. The number of nitrogens with zero attached hydrogens (tertiary/aromatic N) is 1. The fourth-order valence-electron chi connectivity index (χ4n) is 2.14. The van der Waals surface area contributed by atoms with Crippen LogP contribution < -0.4 is 10.1 Å². The Hall–Kier alpha value is -1.07. The number of nitrogens with one attached hydrogen (secondary N) is 1. The van der Waals surface area contributed by atoms with Crippen molar-refractivity contribution in [3.05, 3.63) is 63.1 Å². The maximum Gasteiger partial charge on any atom is 0.124 e. The zero-order chi connectivity index (χ0) is 16.7. The van der Waals surface area contributed by atoms with Gasteiger partial charge in [0.25, 0.3) is 0 Å². The molecule has 0 aliphatic heterocycles. The van der Waals surface area contributed by atoms with Crippen LogP contribution in [-0.2, 0) is 13.2 Å².